The summed E-state index contributed by atoms with van der Waals surface area (Å²) in [5.74, 6) is 0.677. The number of nitrogens with one attached hydrogen (secondary N) is 2. The number of sulfonamides is 1. The van der Waals surface area contributed by atoms with Crippen LogP contribution in [0.4, 0.5) is 5.95 Å². The first-order valence-corrected chi connectivity index (χ1v) is 8.73. The lowest BCUT2D eigenvalue weighted by atomic mass is 10.0. The van der Waals surface area contributed by atoms with Crippen LogP contribution in [0, 0.1) is 5.92 Å². The van der Waals surface area contributed by atoms with E-state index >= 15 is 0 Å². The van der Waals surface area contributed by atoms with Crippen molar-refractivity contribution in [1.82, 2.24) is 14.7 Å². The van der Waals surface area contributed by atoms with Crippen molar-refractivity contribution in [2.24, 2.45) is 5.92 Å². The predicted octanol–water partition coefficient (Wildman–Crippen LogP) is 1.00. The molecular formula is C13H22N4O3S. The number of hydrogen-bond donors (Lipinski definition) is 2. The zero-order valence-electron chi connectivity index (χ0n) is 12.2. The molecule has 1 unspecified atom stereocenters. The minimum absolute atomic E-state index is 0.0845. The second-order valence-electron chi connectivity index (χ2n) is 5.10. The fraction of sp³-hybridized carbons (Fsp3) is 0.692. The van der Waals surface area contributed by atoms with Gasteiger partial charge in [-0.05, 0) is 25.2 Å². The maximum Gasteiger partial charge on any atom is 0.243 e. The molecule has 1 atom stereocenters. The van der Waals surface area contributed by atoms with Crippen molar-refractivity contribution in [2.45, 2.75) is 31.1 Å². The van der Waals surface area contributed by atoms with Crippen molar-refractivity contribution in [3.8, 4) is 0 Å². The van der Waals surface area contributed by atoms with Crippen LogP contribution >= 0.6 is 0 Å². The molecule has 1 aliphatic rings. The SMILES string of the molecule is CCCNc1ncc(S(=O)(=O)NCC2CCCOC2)cn1. The number of ether oxygens (including phenoxy) is 1. The minimum atomic E-state index is -3.56. The second-order valence-corrected chi connectivity index (χ2v) is 6.87. The quantitative estimate of drug-likeness (QED) is 0.780. The van der Waals surface area contributed by atoms with Crippen LogP contribution in [-0.4, -0.2) is 44.7 Å². The number of aromatic nitrogens is 2. The molecule has 1 saturated heterocycles. The predicted molar refractivity (Wildman–Crippen MR) is 79.5 cm³/mol. The highest BCUT2D eigenvalue weighted by atomic mass is 32.2. The van der Waals surface area contributed by atoms with Gasteiger partial charge < -0.3 is 10.1 Å². The van der Waals surface area contributed by atoms with Crippen LogP contribution in [-0.2, 0) is 14.8 Å². The summed E-state index contributed by atoms with van der Waals surface area (Å²) in [7, 11) is -3.56. The highest BCUT2D eigenvalue weighted by Gasteiger charge is 2.19. The molecule has 7 nitrogen and oxygen atoms in total. The third-order valence-electron chi connectivity index (χ3n) is 3.29. The van der Waals surface area contributed by atoms with E-state index in [2.05, 4.69) is 20.0 Å². The van der Waals surface area contributed by atoms with Gasteiger partial charge in [-0.15, -0.1) is 0 Å². The van der Waals surface area contributed by atoms with E-state index in [1.54, 1.807) is 0 Å². The Morgan fingerprint density at radius 1 is 1.38 bits per heavy atom. The molecule has 1 aromatic rings. The minimum Gasteiger partial charge on any atom is -0.381 e. The van der Waals surface area contributed by atoms with Crippen molar-refractivity contribution >= 4 is 16.0 Å². The van der Waals surface area contributed by atoms with E-state index in [0.29, 0.717) is 19.1 Å². The first kappa shape index (κ1) is 16.1. The highest BCUT2D eigenvalue weighted by molar-refractivity contribution is 7.89. The zero-order valence-corrected chi connectivity index (χ0v) is 13.0. The van der Waals surface area contributed by atoms with Crippen molar-refractivity contribution < 1.29 is 13.2 Å². The van der Waals surface area contributed by atoms with Crippen molar-refractivity contribution in [3.05, 3.63) is 12.4 Å². The molecule has 2 N–H and O–H groups in total. The lowest BCUT2D eigenvalue weighted by molar-refractivity contribution is 0.0568. The maximum absolute atomic E-state index is 12.1. The van der Waals surface area contributed by atoms with Gasteiger partial charge in [-0.25, -0.2) is 23.1 Å². The second kappa shape index (κ2) is 7.67. The van der Waals surface area contributed by atoms with Crippen molar-refractivity contribution in [3.63, 3.8) is 0 Å². The summed E-state index contributed by atoms with van der Waals surface area (Å²) in [5.41, 5.74) is 0. The largest absolute Gasteiger partial charge is 0.381 e. The van der Waals surface area contributed by atoms with E-state index in [1.807, 2.05) is 6.92 Å². The molecule has 1 aliphatic heterocycles. The van der Waals surface area contributed by atoms with Crippen LogP contribution in [0.25, 0.3) is 0 Å². The Balaban J connectivity index is 1.91. The first-order valence-electron chi connectivity index (χ1n) is 7.25. The number of hydrogen-bond acceptors (Lipinski definition) is 6. The van der Waals surface area contributed by atoms with E-state index in [-0.39, 0.29) is 10.8 Å². The molecule has 2 heterocycles. The van der Waals surface area contributed by atoms with Crippen LogP contribution in [0.2, 0.25) is 0 Å². The van der Waals surface area contributed by atoms with E-state index in [9.17, 15) is 8.42 Å². The Bertz CT molecular complexity index is 527. The van der Waals surface area contributed by atoms with Gasteiger partial charge in [0.15, 0.2) is 0 Å². The lowest BCUT2D eigenvalue weighted by Gasteiger charge is -2.22. The van der Waals surface area contributed by atoms with Crippen LogP contribution in [0.3, 0.4) is 0 Å². The van der Waals surface area contributed by atoms with Crippen LogP contribution < -0.4 is 10.0 Å². The van der Waals surface area contributed by atoms with Gasteiger partial charge in [-0.3, -0.25) is 0 Å². The molecule has 21 heavy (non-hydrogen) atoms. The van der Waals surface area contributed by atoms with E-state index in [4.69, 9.17) is 4.74 Å². The van der Waals surface area contributed by atoms with Gasteiger partial charge >= 0.3 is 0 Å². The molecule has 0 spiro atoms. The number of nitrogens with zero attached hydrogens (tertiary/aromatic N) is 2. The molecule has 0 bridgehead atoms. The van der Waals surface area contributed by atoms with E-state index < -0.39 is 10.0 Å². The van der Waals surface area contributed by atoms with Gasteiger partial charge in [-0.2, -0.15) is 0 Å². The standard InChI is InChI=1S/C13H22N4O3S/c1-2-5-14-13-15-8-12(9-16-13)21(18,19)17-7-11-4-3-6-20-10-11/h8-9,11,17H,2-7,10H2,1H3,(H,14,15,16). The topological polar surface area (TPSA) is 93.2 Å². The monoisotopic (exact) mass is 314 g/mol. The fourth-order valence-corrected chi connectivity index (χ4v) is 3.07. The molecule has 118 valence electrons. The Hall–Kier alpha value is -1.25. The summed E-state index contributed by atoms with van der Waals surface area (Å²) in [6.45, 7) is 4.55. The molecule has 0 saturated carbocycles. The molecule has 1 fully saturated rings. The fourth-order valence-electron chi connectivity index (χ4n) is 2.06. The summed E-state index contributed by atoms with van der Waals surface area (Å²) in [6.07, 6.45) is 5.57. The Kier molecular flexibility index (Phi) is 5.89. The van der Waals surface area contributed by atoms with Crippen molar-refractivity contribution in [2.75, 3.05) is 31.6 Å². The Labute approximate surface area is 125 Å². The van der Waals surface area contributed by atoms with Crippen LogP contribution in [0.15, 0.2) is 17.3 Å². The summed E-state index contributed by atoms with van der Waals surface area (Å²) in [6, 6.07) is 0. The van der Waals surface area contributed by atoms with Crippen LogP contribution in [0.5, 0.6) is 0 Å². The first-order chi connectivity index (χ1) is 10.1. The van der Waals surface area contributed by atoms with Crippen LogP contribution in [0.1, 0.15) is 26.2 Å². The lowest BCUT2D eigenvalue weighted by Crippen LogP contribution is -2.33. The maximum atomic E-state index is 12.1. The number of anilines is 1. The van der Waals surface area contributed by atoms with E-state index in [1.165, 1.54) is 12.4 Å². The smallest absolute Gasteiger partial charge is 0.243 e. The normalized spacial score (nSPS) is 19.4. The summed E-state index contributed by atoms with van der Waals surface area (Å²) >= 11 is 0. The Morgan fingerprint density at radius 3 is 2.76 bits per heavy atom. The molecule has 0 aromatic carbocycles. The third-order valence-corrected chi connectivity index (χ3v) is 4.67. The molecule has 0 amide bonds. The Morgan fingerprint density at radius 2 is 2.14 bits per heavy atom. The molecule has 0 radical (unpaired) electrons. The number of rotatable bonds is 7. The van der Waals surface area contributed by atoms with Gasteiger partial charge in [0.05, 0.1) is 19.0 Å². The summed E-state index contributed by atoms with van der Waals surface area (Å²) in [5, 5.41) is 3.00. The third kappa shape index (κ3) is 4.90. The molecular weight excluding hydrogens is 292 g/mol. The molecule has 8 heteroatoms. The summed E-state index contributed by atoms with van der Waals surface area (Å²) < 4.78 is 32.2. The van der Waals surface area contributed by atoms with Gasteiger partial charge in [0.1, 0.15) is 4.90 Å². The molecule has 2 rings (SSSR count). The molecule has 1 aromatic heterocycles. The van der Waals surface area contributed by atoms with Gasteiger partial charge in [0, 0.05) is 19.7 Å². The van der Waals surface area contributed by atoms with Gasteiger partial charge in [-0.1, -0.05) is 6.92 Å². The average molecular weight is 314 g/mol. The van der Waals surface area contributed by atoms with E-state index in [0.717, 1.165) is 32.4 Å². The average Bonchev–Trinajstić information content (AvgIpc) is 2.52. The molecule has 0 aliphatic carbocycles. The van der Waals surface area contributed by atoms with Crippen molar-refractivity contribution in [1.29, 1.82) is 0 Å². The zero-order chi connectivity index (χ0) is 15.1. The van der Waals surface area contributed by atoms with Gasteiger partial charge in [0.25, 0.3) is 0 Å². The van der Waals surface area contributed by atoms with Gasteiger partial charge in [0.2, 0.25) is 16.0 Å². The summed E-state index contributed by atoms with van der Waals surface area (Å²) in [4.78, 5) is 8.11. The highest BCUT2D eigenvalue weighted by Crippen LogP contribution is 2.14.